The van der Waals surface area contributed by atoms with Gasteiger partial charge in [0.2, 0.25) is 0 Å². The fourth-order valence-electron chi connectivity index (χ4n) is 8.62. The largest absolute Gasteiger partial charge is 0.310 e. The van der Waals surface area contributed by atoms with E-state index in [1.807, 2.05) is 49.6 Å². The molecule has 11 rings (SSSR count). The average molecular weight is 719 g/mol. The lowest BCUT2D eigenvalue weighted by Crippen LogP contribution is -2.07. The van der Waals surface area contributed by atoms with Crippen LogP contribution in [-0.2, 0) is 6.42 Å². The lowest BCUT2D eigenvalue weighted by Gasteiger charge is -2.19. The zero-order valence-corrected chi connectivity index (χ0v) is 30.4. The first-order chi connectivity index (χ1) is 27.8. The minimum atomic E-state index is 0.271. The van der Waals surface area contributed by atoms with Crippen molar-refractivity contribution >= 4 is 38.8 Å². The van der Waals surface area contributed by atoms with Crippen LogP contribution in [0.15, 0.2) is 183 Å². The van der Waals surface area contributed by atoms with Crippen LogP contribution >= 0.6 is 0 Å². The van der Waals surface area contributed by atoms with Crippen molar-refractivity contribution in [3.8, 4) is 44.8 Å². The van der Waals surface area contributed by atoms with Gasteiger partial charge in [0, 0.05) is 88.7 Å². The Morgan fingerprint density at radius 2 is 0.857 bits per heavy atom. The van der Waals surface area contributed by atoms with Gasteiger partial charge in [0.05, 0.1) is 16.6 Å². The highest BCUT2D eigenvalue weighted by atomic mass is 15.0. The van der Waals surface area contributed by atoms with Crippen LogP contribution in [-0.4, -0.2) is 29.1 Å². The first-order valence-corrected chi connectivity index (χ1v) is 18.9. The highest BCUT2D eigenvalue weighted by molar-refractivity contribution is 6.11. The van der Waals surface area contributed by atoms with Gasteiger partial charge in [0.1, 0.15) is 0 Å². The van der Waals surface area contributed by atoms with E-state index in [1.54, 1.807) is 0 Å². The molecule has 0 bridgehead atoms. The molecule has 0 saturated heterocycles. The van der Waals surface area contributed by atoms with Crippen molar-refractivity contribution in [1.29, 1.82) is 0 Å². The van der Waals surface area contributed by atoms with Gasteiger partial charge in [-0.3, -0.25) is 19.9 Å². The smallest absolute Gasteiger partial charge is 0.0541 e. The fourth-order valence-corrected chi connectivity index (χ4v) is 8.62. The zero-order chi connectivity index (χ0) is 37.0. The van der Waals surface area contributed by atoms with Crippen molar-refractivity contribution in [3.63, 3.8) is 0 Å². The molecule has 0 spiro atoms. The van der Waals surface area contributed by atoms with Gasteiger partial charge in [-0.1, -0.05) is 30.3 Å². The summed E-state index contributed by atoms with van der Waals surface area (Å²) >= 11 is 0. The highest BCUT2D eigenvalue weighted by Gasteiger charge is 2.25. The molecule has 0 saturated carbocycles. The second-order valence-corrected chi connectivity index (χ2v) is 14.4. The standard InChI is InChI=1S/C50H34N6/c1-2-41(55-47-8-4-37(33-12-20-51-21-13-33)28-43(47)44-29-38(5-9-48(44)55)34-14-22-52-23-15-34)32-42(3-1)56-49-10-6-39(35-16-24-53-25-17-35)30-45(49)46-31-40(7-11-50(46)56)36-18-26-54-27-19-36/h1-30,32,40H,31H2. The fraction of sp³-hybridized carbons (Fsp3) is 0.0400. The van der Waals surface area contributed by atoms with Crippen LogP contribution in [0.4, 0.5) is 0 Å². The minimum Gasteiger partial charge on any atom is -0.310 e. The molecule has 4 aromatic carbocycles. The van der Waals surface area contributed by atoms with E-state index in [0.29, 0.717) is 0 Å². The third-order valence-corrected chi connectivity index (χ3v) is 11.3. The third-order valence-electron chi connectivity index (χ3n) is 11.3. The molecule has 1 aliphatic rings. The SMILES string of the molecule is C1=CC(c2ccncc2)Cc2c1n(-c1cccc(-n3c4ccc(-c5ccncc5)cc4c4cc(-c5ccncc5)ccc43)c1)c1ccc(-c3ccncc3)cc21. The molecule has 0 aliphatic heterocycles. The molecule has 6 heteroatoms. The lowest BCUT2D eigenvalue weighted by atomic mass is 9.87. The van der Waals surface area contributed by atoms with E-state index in [1.165, 1.54) is 44.1 Å². The van der Waals surface area contributed by atoms with Crippen molar-refractivity contribution in [2.45, 2.75) is 12.3 Å². The number of pyridine rings is 4. The number of fused-ring (bicyclic) bond motifs is 6. The van der Waals surface area contributed by atoms with Crippen molar-refractivity contribution in [3.05, 3.63) is 200 Å². The zero-order valence-electron chi connectivity index (χ0n) is 30.4. The van der Waals surface area contributed by atoms with E-state index in [0.717, 1.165) is 56.6 Å². The van der Waals surface area contributed by atoms with Gasteiger partial charge >= 0.3 is 0 Å². The van der Waals surface area contributed by atoms with E-state index in [2.05, 4.69) is 169 Å². The number of allylic oxidation sites excluding steroid dienone is 1. The maximum absolute atomic E-state index is 4.29. The molecular formula is C50H34N6. The Labute approximate surface area is 323 Å². The van der Waals surface area contributed by atoms with E-state index in [4.69, 9.17) is 0 Å². The summed E-state index contributed by atoms with van der Waals surface area (Å²) in [7, 11) is 0. The summed E-state index contributed by atoms with van der Waals surface area (Å²) in [6.45, 7) is 0. The quantitative estimate of drug-likeness (QED) is 0.172. The first kappa shape index (κ1) is 32.0. The Bertz CT molecular complexity index is 3000. The summed E-state index contributed by atoms with van der Waals surface area (Å²) in [5.41, 5.74) is 16.5. The van der Waals surface area contributed by atoms with Crippen LogP contribution < -0.4 is 0 Å². The van der Waals surface area contributed by atoms with Crippen molar-refractivity contribution < 1.29 is 0 Å². The molecule has 6 aromatic heterocycles. The first-order valence-electron chi connectivity index (χ1n) is 18.9. The molecule has 6 heterocycles. The van der Waals surface area contributed by atoms with E-state index >= 15 is 0 Å². The summed E-state index contributed by atoms with van der Waals surface area (Å²) in [5, 5.41) is 3.67. The second kappa shape index (κ2) is 13.1. The van der Waals surface area contributed by atoms with Crippen LogP contribution in [0.5, 0.6) is 0 Å². The molecule has 0 N–H and O–H groups in total. The molecule has 1 unspecified atom stereocenters. The van der Waals surface area contributed by atoms with Gasteiger partial charge in [0.15, 0.2) is 0 Å². The normalized spacial score (nSPS) is 13.8. The Hall–Kier alpha value is -7.44. The molecule has 1 atom stereocenters. The number of hydrogen-bond acceptors (Lipinski definition) is 4. The number of hydrogen-bond donors (Lipinski definition) is 0. The van der Waals surface area contributed by atoms with Crippen LogP contribution in [0.25, 0.3) is 83.5 Å². The summed E-state index contributed by atoms with van der Waals surface area (Å²) in [6.07, 6.45) is 20.5. The van der Waals surface area contributed by atoms with E-state index in [-0.39, 0.29) is 5.92 Å². The van der Waals surface area contributed by atoms with Gasteiger partial charge in [-0.25, -0.2) is 0 Å². The Morgan fingerprint density at radius 3 is 1.38 bits per heavy atom. The maximum atomic E-state index is 4.29. The van der Waals surface area contributed by atoms with Crippen molar-refractivity contribution in [2.24, 2.45) is 0 Å². The van der Waals surface area contributed by atoms with Gasteiger partial charge in [-0.05, 0) is 160 Å². The molecule has 0 radical (unpaired) electrons. The maximum Gasteiger partial charge on any atom is 0.0541 e. The third kappa shape index (κ3) is 5.34. The van der Waals surface area contributed by atoms with Crippen LogP contribution in [0, 0.1) is 0 Å². The summed E-state index contributed by atoms with van der Waals surface area (Å²) in [5.74, 6) is 0.271. The van der Waals surface area contributed by atoms with E-state index < -0.39 is 0 Å². The van der Waals surface area contributed by atoms with Gasteiger partial charge < -0.3 is 9.13 Å². The molecule has 0 amide bonds. The molecule has 6 nitrogen and oxygen atoms in total. The molecule has 1 aliphatic carbocycles. The molecular weight excluding hydrogens is 685 g/mol. The van der Waals surface area contributed by atoms with Crippen LogP contribution in [0.3, 0.4) is 0 Å². The summed E-state index contributed by atoms with van der Waals surface area (Å²) in [6, 6.07) is 46.2. The van der Waals surface area contributed by atoms with Crippen molar-refractivity contribution in [2.75, 3.05) is 0 Å². The van der Waals surface area contributed by atoms with Crippen LogP contribution in [0.1, 0.15) is 22.7 Å². The van der Waals surface area contributed by atoms with Crippen molar-refractivity contribution in [1.82, 2.24) is 29.1 Å². The topological polar surface area (TPSA) is 61.4 Å². The Balaban J connectivity index is 1.11. The second-order valence-electron chi connectivity index (χ2n) is 14.4. The molecule has 0 fully saturated rings. The van der Waals surface area contributed by atoms with Crippen LogP contribution in [0.2, 0.25) is 0 Å². The summed E-state index contributed by atoms with van der Waals surface area (Å²) in [4.78, 5) is 17.1. The average Bonchev–Trinajstić information content (AvgIpc) is 3.79. The number of aromatic nitrogens is 6. The minimum absolute atomic E-state index is 0.271. The van der Waals surface area contributed by atoms with E-state index in [9.17, 15) is 0 Å². The molecule has 56 heavy (non-hydrogen) atoms. The monoisotopic (exact) mass is 718 g/mol. The number of rotatable bonds is 6. The molecule has 10 aromatic rings. The van der Waals surface area contributed by atoms with Gasteiger partial charge in [0.25, 0.3) is 0 Å². The summed E-state index contributed by atoms with van der Waals surface area (Å²) < 4.78 is 4.86. The van der Waals surface area contributed by atoms with Gasteiger partial charge in [-0.2, -0.15) is 0 Å². The lowest BCUT2D eigenvalue weighted by molar-refractivity contribution is 0.823. The highest BCUT2D eigenvalue weighted by Crippen LogP contribution is 2.41. The predicted octanol–water partition coefficient (Wildman–Crippen LogP) is 11.7. The van der Waals surface area contributed by atoms with Gasteiger partial charge in [-0.15, -0.1) is 0 Å². The number of nitrogens with zero attached hydrogens (tertiary/aromatic N) is 6. The number of benzene rings is 4. The predicted molar refractivity (Wildman–Crippen MR) is 227 cm³/mol. The Kier molecular flexibility index (Phi) is 7.52. The Morgan fingerprint density at radius 1 is 0.411 bits per heavy atom. The molecule has 264 valence electrons.